The van der Waals surface area contributed by atoms with Crippen LogP contribution >= 0.6 is 0 Å². The average molecular weight is 413 g/mol. The van der Waals surface area contributed by atoms with Crippen molar-refractivity contribution in [2.24, 2.45) is 5.92 Å². The van der Waals surface area contributed by atoms with E-state index in [0.717, 1.165) is 31.0 Å². The summed E-state index contributed by atoms with van der Waals surface area (Å²) < 4.78 is 0. The summed E-state index contributed by atoms with van der Waals surface area (Å²) in [6.07, 6.45) is 1.72. The highest BCUT2D eigenvalue weighted by molar-refractivity contribution is 6.00. The van der Waals surface area contributed by atoms with Gasteiger partial charge >= 0.3 is 0 Å². The van der Waals surface area contributed by atoms with E-state index in [1.165, 1.54) is 24.3 Å². The van der Waals surface area contributed by atoms with Crippen molar-refractivity contribution in [3.8, 4) is 0 Å². The maximum absolute atomic E-state index is 12.2. The van der Waals surface area contributed by atoms with Crippen LogP contribution in [-0.4, -0.2) is 27.6 Å². The second kappa shape index (κ2) is 8.34. The summed E-state index contributed by atoms with van der Waals surface area (Å²) in [4.78, 5) is 56.1. The van der Waals surface area contributed by atoms with Crippen LogP contribution in [0.15, 0.2) is 42.5 Å². The van der Waals surface area contributed by atoms with Gasteiger partial charge in [0.05, 0.1) is 21.5 Å². The van der Waals surface area contributed by atoms with Gasteiger partial charge in [-0.05, 0) is 37.1 Å². The summed E-state index contributed by atoms with van der Waals surface area (Å²) in [6, 6.07) is 8.35. The number of hydrogen-bond acceptors (Lipinski definition) is 7. The zero-order chi connectivity index (χ0) is 21.8. The average Bonchev–Trinajstić information content (AvgIpc) is 3.57. The Labute approximate surface area is 168 Å². The first-order chi connectivity index (χ1) is 14.2. The number of nitro benzene ring substituents is 2. The SMILES string of the molecule is O=C(NNC(=O)c1cc([N+](=O)[O-])cc([N+](=O)[O-])c1)c1ccc(NC(=O)C2CC2)cc1. The van der Waals surface area contributed by atoms with E-state index in [9.17, 15) is 34.6 Å². The first kappa shape index (κ1) is 20.4. The van der Waals surface area contributed by atoms with Crippen molar-refractivity contribution in [2.45, 2.75) is 12.8 Å². The fourth-order valence-electron chi connectivity index (χ4n) is 2.49. The van der Waals surface area contributed by atoms with E-state index < -0.39 is 33.0 Å². The van der Waals surface area contributed by atoms with Crippen LogP contribution in [-0.2, 0) is 4.79 Å². The molecular weight excluding hydrogens is 398 g/mol. The summed E-state index contributed by atoms with van der Waals surface area (Å²) in [5.74, 6) is -1.70. The van der Waals surface area contributed by atoms with Gasteiger partial charge in [0.25, 0.3) is 23.2 Å². The standard InChI is InChI=1S/C18H15N5O7/c24-16(10-1-2-10)19-13-5-3-11(4-6-13)17(25)20-21-18(26)12-7-14(22(27)28)9-15(8-12)23(29)30/h3-10H,1-2H2,(H,19,24)(H,20,25)(H,21,26). The Kier molecular flexibility index (Phi) is 5.67. The minimum Gasteiger partial charge on any atom is -0.326 e. The van der Waals surface area contributed by atoms with Crippen LogP contribution in [0.1, 0.15) is 33.6 Å². The lowest BCUT2D eigenvalue weighted by Crippen LogP contribution is -2.41. The molecule has 0 unspecified atom stereocenters. The molecule has 30 heavy (non-hydrogen) atoms. The lowest BCUT2D eigenvalue weighted by molar-refractivity contribution is -0.394. The number of rotatable bonds is 6. The molecule has 2 aromatic carbocycles. The van der Waals surface area contributed by atoms with Crippen LogP contribution < -0.4 is 16.2 Å². The van der Waals surface area contributed by atoms with Crippen LogP contribution in [0.3, 0.4) is 0 Å². The van der Waals surface area contributed by atoms with E-state index in [0.29, 0.717) is 5.69 Å². The second-order valence-electron chi connectivity index (χ2n) is 6.50. The number of nitrogens with one attached hydrogen (secondary N) is 3. The predicted octanol–water partition coefficient (Wildman–Crippen LogP) is 1.93. The summed E-state index contributed by atoms with van der Waals surface area (Å²) in [5.41, 5.74) is 3.22. The molecular formula is C18H15N5O7. The molecule has 0 bridgehead atoms. The molecule has 12 heteroatoms. The smallest absolute Gasteiger partial charge is 0.277 e. The van der Waals surface area contributed by atoms with E-state index in [1.54, 1.807) is 0 Å². The van der Waals surface area contributed by atoms with E-state index in [4.69, 9.17) is 0 Å². The summed E-state index contributed by atoms with van der Waals surface area (Å²) in [6.45, 7) is 0. The summed E-state index contributed by atoms with van der Waals surface area (Å²) in [5, 5.41) is 24.5. The molecule has 3 amide bonds. The van der Waals surface area contributed by atoms with Crippen molar-refractivity contribution in [3.05, 3.63) is 73.8 Å². The van der Waals surface area contributed by atoms with Gasteiger partial charge in [-0.3, -0.25) is 45.5 Å². The van der Waals surface area contributed by atoms with Crippen molar-refractivity contribution in [1.29, 1.82) is 0 Å². The molecule has 0 aromatic heterocycles. The molecule has 0 saturated heterocycles. The van der Waals surface area contributed by atoms with Crippen LogP contribution in [0.5, 0.6) is 0 Å². The Hall–Kier alpha value is -4.35. The highest BCUT2D eigenvalue weighted by atomic mass is 16.6. The minimum absolute atomic E-state index is 0.0350. The minimum atomic E-state index is -0.969. The van der Waals surface area contributed by atoms with E-state index in [2.05, 4.69) is 10.7 Å². The van der Waals surface area contributed by atoms with Crippen molar-refractivity contribution in [3.63, 3.8) is 0 Å². The number of anilines is 1. The van der Waals surface area contributed by atoms with Crippen molar-refractivity contribution >= 4 is 34.8 Å². The van der Waals surface area contributed by atoms with E-state index >= 15 is 0 Å². The first-order valence-corrected chi connectivity index (χ1v) is 8.70. The van der Waals surface area contributed by atoms with Gasteiger partial charge in [0.2, 0.25) is 5.91 Å². The predicted molar refractivity (Wildman–Crippen MR) is 102 cm³/mol. The largest absolute Gasteiger partial charge is 0.326 e. The Balaban J connectivity index is 1.62. The fourth-order valence-corrected chi connectivity index (χ4v) is 2.49. The molecule has 2 aromatic rings. The van der Waals surface area contributed by atoms with Gasteiger partial charge in [0.15, 0.2) is 0 Å². The molecule has 3 N–H and O–H groups in total. The van der Waals surface area contributed by atoms with E-state index in [-0.39, 0.29) is 23.0 Å². The van der Waals surface area contributed by atoms with Gasteiger partial charge in [-0.1, -0.05) is 0 Å². The van der Waals surface area contributed by atoms with Gasteiger partial charge in [-0.15, -0.1) is 0 Å². The molecule has 1 fully saturated rings. The molecule has 0 heterocycles. The van der Waals surface area contributed by atoms with Crippen LogP contribution in [0.4, 0.5) is 17.1 Å². The fraction of sp³-hybridized carbons (Fsp3) is 0.167. The number of hydrogen-bond donors (Lipinski definition) is 3. The maximum atomic E-state index is 12.2. The third kappa shape index (κ3) is 4.92. The molecule has 3 rings (SSSR count). The van der Waals surface area contributed by atoms with Gasteiger partial charge in [0.1, 0.15) is 0 Å². The number of carbonyl (C=O) groups is 3. The van der Waals surface area contributed by atoms with Gasteiger partial charge in [-0.25, -0.2) is 0 Å². The lowest BCUT2D eigenvalue weighted by atomic mass is 10.1. The van der Waals surface area contributed by atoms with Gasteiger partial charge in [0, 0.05) is 29.3 Å². The molecule has 154 valence electrons. The number of nitrogens with zero attached hydrogens (tertiary/aromatic N) is 2. The topological polar surface area (TPSA) is 174 Å². The number of nitro groups is 2. The maximum Gasteiger partial charge on any atom is 0.277 e. The highest BCUT2D eigenvalue weighted by Gasteiger charge is 2.29. The molecule has 1 aliphatic rings. The monoisotopic (exact) mass is 413 g/mol. The van der Waals surface area contributed by atoms with E-state index in [1.807, 2.05) is 5.43 Å². The quantitative estimate of drug-likeness (QED) is 0.479. The van der Waals surface area contributed by atoms with Gasteiger partial charge in [-0.2, -0.15) is 0 Å². The Morgan fingerprint density at radius 2 is 1.30 bits per heavy atom. The highest BCUT2D eigenvalue weighted by Crippen LogP contribution is 2.30. The Morgan fingerprint density at radius 3 is 1.77 bits per heavy atom. The normalized spacial score (nSPS) is 12.5. The summed E-state index contributed by atoms with van der Waals surface area (Å²) >= 11 is 0. The number of amides is 3. The molecule has 1 saturated carbocycles. The Morgan fingerprint density at radius 1 is 0.800 bits per heavy atom. The summed E-state index contributed by atoms with van der Waals surface area (Å²) in [7, 11) is 0. The number of hydrazine groups is 1. The number of carbonyl (C=O) groups excluding carboxylic acids is 3. The third-order valence-corrected chi connectivity index (χ3v) is 4.24. The molecule has 0 radical (unpaired) electrons. The molecule has 12 nitrogen and oxygen atoms in total. The molecule has 1 aliphatic carbocycles. The zero-order valence-electron chi connectivity index (χ0n) is 15.3. The third-order valence-electron chi connectivity index (χ3n) is 4.24. The van der Waals surface area contributed by atoms with Crippen molar-refractivity contribution in [2.75, 3.05) is 5.32 Å². The Bertz CT molecular complexity index is 1020. The molecule has 0 spiro atoms. The second-order valence-corrected chi connectivity index (χ2v) is 6.50. The van der Waals surface area contributed by atoms with Crippen LogP contribution in [0, 0.1) is 26.1 Å². The lowest BCUT2D eigenvalue weighted by Gasteiger charge is -2.09. The van der Waals surface area contributed by atoms with Crippen molar-refractivity contribution < 1.29 is 24.2 Å². The van der Waals surface area contributed by atoms with Gasteiger partial charge < -0.3 is 5.32 Å². The first-order valence-electron chi connectivity index (χ1n) is 8.70. The van der Waals surface area contributed by atoms with Crippen LogP contribution in [0.25, 0.3) is 0 Å². The number of non-ortho nitro benzene ring substituents is 2. The zero-order valence-corrected chi connectivity index (χ0v) is 15.3. The molecule has 0 atom stereocenters. The number of benzene rings is 2. The van der Waals surface area contributed by atoms with Crippen molar-refractivity contribution in [1.82, 2.24) is 10.9 Å². The van der Waals surface area contributed by atoms with Crippen LogP contribution in [0.2, 0.25) is 0 Å². The molecule has 0 aliphatic heterocycles.